The van der Waals surface area contributed by atoms with E-state index < -0.39 is 0 Å². The maximum absolute atomic E-state index is 6.22. The van der Waals surface area contributed by atoms with Crippen molar-refractivity contribution in [1.82, 2.24) is 5.32 Å². The smallest absolute Gasteiger partial charge is 0.0561 e. The number of thiophene rings is 1. The third-order valence-corrected chi connectivity index (χ3v) is 4.45. The molecule has 1 nitrogen and oxygen atoms in total. The summed E-state index contributed by atoms with van der Waals surface area (Å²) >= 11 is 7.96. The Bertz CT molecular complexity index is 466. The standard InChI is InChI=1S/C15H18ClNS/c1-2-17-14(15-13(16)10-11-18-15)9-8-12-6-4-3-5-7-12/h3-7,10-11,14,17H,2,8-9H2,1H3. The van der Waals surface area contributed by atoms with Crippen molar-refractivity contribution >= 4 is 22.9 Å². The highest BCUT2D eigenvalue weighted by Gasteiger charge is 2.14. The van der Waals surface area contributed by atoms with Gasteiger partial charge in [0.25, 0.3) is 0 Å². The minimum Gasteiger partial charge on any atom is -0.309 e. The van der Waals surface area contributed by atoms with Gasteiger partial charge in [-0.05, 0) is 36.4 Å². The predicted molar refractivity (Wildman–Crippen MR) is 80.5 cm³/mol. The first-order valence-electron chi connectivity index (χ1n) is 6.31. The van der Waals surface area contributed by atoms with Crippen molar-refractivity contribution in [3.63, 3.8) is 0 Å². The maximum Gasteiger partial charge on any atom is 0.0561 e. The summed E-state index contributed by atoms with van der Waals surface area (Å²) in [4.78, 5) is 1.26. The molecule has 1 N–H and O–H groups in total. The number of benzene rings is 1. The monoisotopic (exact) mass is 279 g/mol. The topological polar surface area (TPSA) is 12.0 Å². The van der Waals surface area contributed by atoms with Crippen LogP contribution in [0.1, 0.15) is 29.8 Å². The average molecular weight is 280 g/mol. The lowest BCUT2D eigenvalue weighted by Crippen LogP contribution is -2.20. The molecule has 0 saturated heterocycles. The third-order valence-electron chi connectivity index (χ3n) is 2.98. The van der Waals surface area contributed by atoms with Gasteiger partial charge in [-0.25, -0.2) is 0 Å². The van der Waals surface area contributed by atoms with Crippen molar-refractivity contribution in [3.05, 3.63) is 57.2 Å². The van der Waals surface area contributed by atoms with Crippen molar-refractivity contribution in [2.45, 2.75) is 25.8 Å². The van der Waals surface area contributed by atoms with E-state index in [2.05, 4.69) is 48.0 Å². The number of aryl methyl sites for hydroxylation is 1. The van der Waals surface area contributed by atoms with E-state index in [-0.39, 0.29) is 0 Å². The van der Waals surface area contributed by atoms with E-state index >= 15 is 0 Å². The van der Waals surface area contributed by atoms with Gasteiger partial charge in [-0.2, -0.15) is 0 Å². The molecule has 0 bridgehead atoms. The average Bonchev–Trinajstić information content (AvgIpc) is 2.82. The molecule has 96 valence electrons. The molecule has 2 rings (SSSR count). The molecule has 0 aliphatic heterocycles. The molecule has 18 heavy (non-hydrogen) atoms. The van der Waals surface area contributed by atoms with Crippen LogP contribution >= 0.6 is 22.9 Å². The first-order valence-corrected chi connectivity index (χ1v) is 7.57. The zero-order valence-corrected chi connectivity index (χ0v) is 12.1. The molecule has 0 spiro atoms. The van der Waals surface area contributed by atoms with Gasteiger partial charge in [0.2, 0.25) is 0 Å². The normalized spacial score (nSPS) is 12.6. The van der Waals surface area contributed by atoms with Gasteiger partial charge in [-0.3, -0.25) is 0 Å². The summed E-state index contributed by atoms with van der Waals surface area (Å²) in [6.07, 6.45) is 2.16. The molecule has 0 aliphatic rings. The van der Waals surface area contributed by atoms with Crippen LogP contribution in [0.3, 0.4) is 0 Å². The fourth-order valence-electron chi connectivity index (χ4n) is 2.08. The first-order chi connectivity index (χ1) is 8.81. The summed E-state index contributed by atoms with van der Waals surface area (Å²) in [6, 6.07) is 12.9. The minimum atomic E-state index is 0.364. The zero-order chi connectivity index (χ0) is 12.8. The second-order valence-corrected chi connectivity index (χ2v) is 5.62. The Hall–Kier alpha value is -0.830. The number of hydrogen-bond acceptors (Lipinski definition) is 2. The second-order valence-electron chi connectivity index (χ2n) is 4.27. The van der Waals surface area contributed by atoms with Crippen LogP contribution in [0.5, 0.6) is 0 Å². The molecule has 0 saturated carbocycles. The molecule has 1 aromatic heterocycles. The lowest BCUT2D eigenvalue weighted by molar-refractivity contribution is 0.523. The summed E-state index contributed by atoms with van der Waals surface area (Å²) < 4.78 is 0. The molecule has 0 amide bonds. The van der Waals surface area contributed by atoms with Crippen LogP contribution in [-0.4, -0.2) is 6.54 Å². The Labute approximate surface area is 118 Å². The molecule has 1 heterocycles. The highest BCUT2D eigenvalue weighted by atomic mass is 35.5. The van der Waals surface area contributed by atoms with Crippen LogP contribution in [0, 0.1) is 0 Å². The van der Waals surface area contributed by atoms with Crippen LogP contribution in [-0.2, 0) is 6.42 Å². The predicted octanol–water partition coefficient (Wildman–Crippen LogP) is 4.68. The lowest BCUT2D eigenvalue weighted by Gasteiger charge is -2.17. The summed E-state index contributed by atoms with van der Waals surface area (Å²) in [7, 11) is 0. The molecule has 3 heteroatoms. The molecule has 1 atom stereocenters. The highest BCUT2D eigenvalue weighted by Crippen LogP contribution is 2.31. The van der Waals surface area contributed by atoms with Crippen LogP contribution < -0.4 is 5.32 Å². The Balaban J connectivity index is 2.01. The Kier molecular flexibility index (Phi) is 5.24. The molecule has 1 aromatic carbocycles. The van der Waals surface area contributed by atoms with E-state index in [1.165, 1.54) is 10.4 Å². The van der Waals surface area contributed by atoms with Gasteiger partial charge in [0.05, 0.1) is 5.02 Å². The van der Waals surface area contributed by atoms with Gasteiger partial charge in [0, 0.05) is 10.9 Å². The largest absolute Gasteiger partial charge is 0.309 e. The maximum atomic E-state index is 6.22. The molecule has 2 aromatic rings. The Morgan fingerprint density at radius 2 is 2.00 bits per heavy atom. The Morgan fingerprint density at radius 3 is 2.61 bits per heavy atom. The van der Waals surface area contributed by atoms with E-state index in [9.17, 15) is 0 Å². The van der Waals surface area contributed by atoms with Gasteiger partial charge >= 0.3 is 0 Å². The molecule has 0 radical (unpaired) electrons. The first kappa shape index (κ1) is 13.6. The van der Waals surface area contributed by atoms with E-state index in [4.69, 9.17) is 11.6 Å². The van der Waals surface area contributed by atoms with Crippen molar-refractivity contribution in [3.8, 4) is 0 Å². The SMILES string of the molecule is CCNC(CCc1ccccc1)c1sccc1Cl. The fraction of sp³-hybridized carbons (Fsp3) is 0.333. The van der Waals surface area contributed by atoms with Gasteiger partial charge < -0.3 is 5.32 Å². The molecule has 1 unspecified atom stereocenters. The van der Waals surface area contributed by atoms with Gasteiger partial charge in [0.15, 0.2) is 0 Å². The van der Waals surface area contributed by atoms with Crippen molar-refractivity contribution in [1.29, 1.82) is 0 Å². The molecular formula is C15H18ClNS. The summed E-state index contributed by atoms with van der Waals surface area (Å²) in [6.45, 7) is 3.10. The lowest BCUT2D eigenvalue weighted by atomic mass is 10.0. The van der Waals surface area contributed by atoms with E-state index in [1.807, 2.05) is 6.07 Å². The van der Waals surface area contributed by atoms with Gasteiger partial charge in [-0.1, -0.05) is 48.9 Å². The molecule has 0 aliphatic carbocycles. The zero-order valence-electron chi connectivity index (χ0n) is 10.5. The van der Waals surface area contributed by atoms with Crippen LogP contribution in [0.25, 0.3) is 0 Å². The van der Waals surface area contributed by atoms with Crippen molar-refractivity contribution in [2.24, 2.45) is 0 Å². The summed E-state index contributed by atoms with van der Waals surface area (Å²) in [5, 5.41) is 6.47. The fourth-order valence-corrected chi connectivity index (χ4v) is 3.38. The highest BCUT2D eigenvalue weighted by molar-refractivity contribution is 7.10. The van der Waals surface area contributed by atoms with E-state index in [0.717, 1.165) is 24.4 Å². The minimum absolute atomic E-state index is 0.364. The van der Waals surface area contributed by atoms with Gasteiger partial charge in [0.1, 0.15) is 0 Å². The number of rotatable bonds is 6. The van der Waals surface area contributed by atoms with Crippen molar-refractivity contribution < 1.29 is 0 Å². The van der Waals surface area contributed by atoms with E-state index in [1.54, 1.807) is 11.3 Å². The summed E-state index contributed by atoms with van der Waals surface area (Å²) in [5.41, 5.74) is 1.38. The van der Waals surface area contributed by atoms with E-state index in [0.29, 0.717) is 6.04 Å². The number of hydrogen-bond donors (Lipinski definition) is 1. The van der Waals surface area contributed by atoms with Gasteiger partial charge in [-0.15, -0.1) is 11.3 Å². The molecular weight excluding hydrogens is 262 g/mol. The van der Waals surface area contributed by atoms with Crippen molar-refractivity contribution in [2.75, 3.05) is 6.54 Å². The molecule has 0 fully saturated rings. The number of nitrogens with one attached hydrogen (secondary N) is 1. The van der Waals surface area contributed by atoms with Crippen LogP contribution in [0.2, 0.25) is 5.02 Å². The summed E-state index contributed by atoms with van der Waals surface area (Å²) in [5.74, 6) is 0. The van der Waals surface area contributed by atoms with Crippen LogP contribution in [0.4, 0.5) is 0 Å². The second kappa shape index (κ2) is 6.93. The number of halogens is 1. The van der Waals surface area contributed by atoms with Crippen LogP contribution in [0.15, 0.2) is 41.8 Å². The quantitative estimate of drug-likeness (QED) is 0.809. The Morgan fingerprint density at radius 1 is 1.22 bits per heavy atom. The third kappa shape index (κ3) is 3.58.